The van der Waals surface area contributed by atoms with E-state index >= 15 is 0 Å². The van der Waals surface area contributed by atoms with Crippen LogP contribution in [0.3, 0.4) is 0 Å². The lowest BCUT2D eigenvalue weighted by atomic mass is 9.89. The zero-order valence-corrected chi connectivity index (χ0v) is 12.5. The van der Waals surface area contributed by atoms with E-state index in [9.17, 15) is 15.0 Å². The maximum absolute atomic E-state index is 12.1. The lowest BCUT2D eigenvalue weighted by molar-refractivity contribution is -0.133. The summed E-state index contributed by atoms with van der Waals surface area (Å²) in [5.74, 6) is -0.186. The molecule has 0 aromatic carbocycles. The summed E-state index contributed by atoms with van der Waals surface area (Å²) in [5.41, 5.74) is 0.762. The molecule has 1 fully saturated rings. The van der Waals surface area contributed by atoms with Crippen LogP contribution in [0.25, 0.3) is 6.08 Å². The predicted octanol–water partition coefficient (Wildman–Crippen LogP) is 1.20. The van der Waals surface area contributed by atoms with Crippen LogP contribution in [0.15, 0.2) is 11.5 Å². The van der Waals surface area contributed by atoms with E-state index in [-0.39, 0.29) is 11.9 Å². The van der Waals surface area contributed by atoms with E-state index in [0.717, 1.165) is 17.1 Å². The van der Waals surface area contributed by atoms with Crippen molar-refractivity contribution in [2.24, 2.45) is 0 Å². The maximum atomic E-state index is 12.1. The molecule has 1 aromatic rings. The molecule has 1 heterocycles. The van der Waals surface area contributed by atoms with Gasteiger partial charge >= 0.3 is 0 Å². The summed E-state index contributed by atoms with van der Waals surface area (Å²) >= 11 is 1.53. The summed E-state index contributed by atoms with van der Waals surface area (Å²) in [4.78, 5) is 17.9. The second-order valence-corrected chi connectivity index (χ2v) is 6.19. The fourth-order valence-corrected chi connectivity index (χ4v) is 3.03. The first-order valence-electron chi connectivity index (χ1n) is 6.72. The fourth-order valence-electron chi connectivity index (χ4n) is 2.45. The van der Waals surface area contributed by atoms with Crippen molar-refractivity contribution < 1.29 is 15.0 Å². The second-order valence-electron chi connectivity index (χ2n) is 5.13. The number of aliphatic hydroxyl groups is 2. The van der Waals surface area contributed by atoms with Crippen LogP contribution < -0.4 is 0 Å². The minimum atomic E-state index is -0.868. The minimum absolute atomic E-state index is 0.186. The molecule has 5 nitrogen and oxygen atoms in total. The number of nitrogens with zero attached hydrogens (tertiary/aromatic N) is 2. The molecule has 20 heavy (non-hydrogen) atoms. The molecule has 0 aliphatic heterocycles. The molecule has 0 unspecified atom stereocenters. The third kappa shape index (κ3) is 3.45. The molecule has 6 heteroatoms. The Morgan fingerprint density at radius 2 is 2.25 bits per heavy atom. The van der Waals surface area contributed by atoms with E-state index in [4.69, 9.17) is 0 Å². The van der Waals surface area contributed by atoms with Crippen LogP contribution in [-0.4, -0.2) is 51.3 Å². The monoisotopic (exact) mass is 296 g/mol. The van der Waals surface area contributed by atoms with Gasteiger partial charge in [0.15, 0.2) is 0 Å². The van der Waals surface area contributed by atoms with Crippen molar-refractivity contribution in [3.8, 4) is 0 Å². The van der Waals surface area contributed by atoms with Gasteiger partial charge in [0.2, 0.25) is 5.91 Å². The van der Waals surface area contributed by atoms with Gasteiger partial charge in [-0.2, -0.15) is 0 Å². The largest absolute Gasteiger partial charge is 0.390 e. The van der Waals surface area contributed by atoms with Crippen LogP contribution in [0, 0.1) is 6.92 Å². The average Bonchev–Trinajstić information content (AvgIpc) is 2.84. The predicted molar refractivity (Wildman–Crippen MR) is 78.3 cm³/mol. The Morgan fingerprint density at radius 1 is 1.50 bits per heavy atom. The van der Waals surface area contributed by atoms with Crippen molar-refractivity contribution in [3.63, 3.8) is 0 Å². The zero-order chi connectivity index (χ0) is 14.7. The van der Waals surface area contributed by atoms with Crippen molar-refractivity contribution in [2.75, 3.05) is 7.05 Å². The molecule has 3 atom stereocenters. The van der Waals surface area contributed by atoms with Gasteiger partial charge in [-0.05, 0) is 32.3 Å². The molecule has 0 bridgehead atoms. The van der Waals surface area contributed by atoms with Crippen molar-refractivity contribution in [1.82, 2.24) is 9.88 Å². The standard InChI is InChI=1S/C14H20N2O3S/c1-9-15-10(8-20-9)6-7-13(18)16(2)11-4-3-5-12(17)14(11)19/h6-8,11-12,14,17,19H,3-5H2,1-2H3/b7-6+/t11-,12-,14-/m1/s1. The summed E-state index contributed by atoms with van der Waals surface area (Å²) in [7, 11) is 1.66. The van der Waals surface area contributed by atoms with Crippen molar-refractivity contribution >= 4 is 23.3 Å². The van der Waals surface area contributed by atoms with E-state index < -0.39 is 12.2 Å². The zero-order valence-electron chi connectivity index (χ0n) is 11.7. The highest BCUT2D eigenvalue weighted by Crippen LogP contribution is 2.23. The Hall–Kier alpha value is -1.24. The van der Waals surface area contributed by atoms with Crippen LogP contribution >= 0.6 is 11.3 Å². The summed E-state index contributed by atoms with van der Waals surface area (Å²) in [6.07, 6.45) is 3.64. The summed E-state index contributed by atoms with van der Waals surface area (Å²) < 4.78 is 0. The first-order valence-corrected chi connectivity index (χ1v) is 7.60. The van der Waals surface area contributed by atoms with Gasteiger partial charge in [-0.25, -0.2) is 4.98 Å². The van der Waals surface area contributed by atoms with E-state index in [1.807, 2.05) is 12.3 Å². The Morgan fingerprint density at radius 3 is 2.90 bits per heavy atom. The molecule has 2 rings (SSSR count). The highest BCUT2D eigenvalue weighted by atomic mass is 32.1. The number of hydrogen-bond donors (Lipinski definition) is 2. The number of aryl methyl sites for hydroxylation is 1. The molecule has 0 saturated heterocycles. The average molecular weight is 296 g/mol. The number of hydrogen-bond acceptors (Lipinski definition) is 5. The third-order valence-corrected chi connectivity index (χ3v) is 4.46. The van der Waals surface area contributed by atoms with Gasteiger partial charge in [-0.15, -0.1) is 11.3 Å². The Bertz CT molecular complexity index is 500. The van der Waals surface area contributed by atoms with E-state index in [1.54, 1.807) is 13.1 Å². The smallest absolute Gasteiger partial charge is 0.246 e. The number of rotatable bonds is 3. The van der Waals surface area contributed by atoms with Crippen molar-refractivity contribution in [1.29, 1.82) is 0 Å². The quantitative estimate of drug-likeness (QED) is 0.822. The first kappa shape index (κ1) is 15.2. The SMILES string of the molecule is Cc1nc(/C=C/C(=O)N(C)[C@@H]2CCC[C@@H](O)[C@@H]2O)cs1. The number of amides is 1. The molecule has 1 aromatic heterocycles. The molecular formula is C14H20N2O3S. The maximum Gasteiger partial charge on any atom is 0.246 e. The summed E-state index contributed by atoms with van der Waals surface area (Å²) in [6, 6.07) is -0.326. The van der Waals surface area contributed by atoms with E-state index in [1.165, 1.54) is 22.3 Å². The normalized spacial score (nSPS) is 26.9. The van der Waals surface area contributed by atoms with Gasteiger partial charge in [0.1, 0.15) is 6.10 Å². The number of aliphatic hydroxyl groups excluding tert-OH is 2. The van der Waals surface area contributed by atoms with Crippen LogP contribution in [0.5, 0.6) is 0 Å². The molecule has 0 radical (unpaired) electrons. The Labute approximate surface area is 122 Å². The molecule has 0 spiro atoms. The summed E-state index contributed by atoms with van der Waals surface area (Å²) in [5, 5.41) is 22.5. The Balaban J connectivity index is 1.99. The fraction of sp³-hybridized carbons (Fsp3) is 0.571. The van der Waals surface area contributed by atoms with Gasteiger partial charge in [0.05, 0.1) is 22.8 Å². The van der Waals surface area contributed by atoms with Gasteiger partial charge in [0, 0.05) is 18.5 Å². The molecule has 110 valence electrons. The van der Waals surface area contributed by atoms with E-state index in [0.29, 0.717) is 12.8 Å². The van der Waals surface area contributed by atoms with Crippen LogP contribution in [0.2, 0.25) is 0 Å². The Kier molecular flexibility index (Phi) is 4.91. The molecule has 1 saturated carbocycles. The van der Waals surface area contributed by atoms with Gasteiger partial charge < -0.3 is 15.1 Å². The lowest BCUT2D eigenvalue weighted by Crippen LogP contribution is -2.51. The number of aromatic nitrogens is 1. The lowest BCUT2D eigenvalue weighted by Gasteiger charge is -2.37. The van der Waals surface area contributed by atoms with Crippen LogP contribution in [0.1, 0.15) is 30.0 Å². The summed E-state index contributed by atoms with van der Waals surface area (Å²) in [6.45, 7) is 1.91. The number of carbonyl (C=O) groups excluding carboxylic acids is 1. The van der Waals surface area contributed by atoms with Crippen molar-refractivity contribution in [2.45, 2.75) is 44.4 Å². The highest BCUT2D eigenvalue weighted by molar-refractivity contribution is 7.09. The molecule has 2 N–H and O–H groups in total. The molecule has 1 amide bonds. The van der Waals surface area contributed by atoms with Gasteiger partial charge in [-0.3, -0.25) is 4.79 Å². The topological polar surface area (TPSA) is 73.7 Å². The van der Waals surface area contributed by atoms with Crippen LogP contribution in [0.4, 0.5) is 0 Å². The van der Waals surface area contributed by atoms with Crippen LogP contribution in [-0.2, 0) is 4.79 Å². The molecule has 1 aliphatic rings. The third-order valence-electron chi connectivity index (χ3n) is 3.67. The van der Waals surface area contributed by atoms with E-state index in [2.05, 4.69) is 4.98 Å². The first-order chi connectivity index (χ1) is 9.49. The van der Waals surface area contributed by atoms with Crippen molar-refractivity contribution in [3.05, 3.63) is 22.2 Å². The van der Waals surface area contributed by atoms with Gasteiger partial charge in [0.25, 0.3) is 0 Å². The second kappa shape index (κ2) is 6.47. The highest BCUT2D eigenvalue weighted by Gasteiger charge is 2.34. The molecule has 1 aliphatic carbocycles. The minimum Gasteiger partial charge on any atom is -0.390 e. The number of likely N-dealkylation sites (N-methyl/N-ethyl adjacent to an activating group) is 1. The van der Waals surface area contributed by atoms with Gasteiger partial charge in [-0.1, -0.05) is 0 Å². The number of carbonyl (C=O) groups is 1. The number of thiazole rings is 1. The molecular weight excluding hydrogens is 276 g/mol.